The molecule has 0 atom stereocenters. The summed E-state index contributed by atoms with van der Waals surface area (Å²) in [4.78, 5) is 0. The van der Waals surface area contributed by atoms with Gasteiger partial charge in [0, 0.05) is 73.8 Å². The molecule has 0 unspecified atom stereocenters. The number of rotatable bonds is 3. The predicted molar refractivity (Wildman–Crippen MR) is 243 cm³/mol. The van der Waals surface area contributed by atoms with Crippen LogP contribution in [0.5, 0.6) is 0 Å². The number of nitriles is 2. The average Bonchev–Trinajstić information content (AvgIpc) is 3.98. The van der Waals surface area contributed by atoms with Crippen LogP contribution in [0.25, 0.3) is 110 Å². The SMILES string of the molecule is Cc1cccc(C#N)c1-c1cc(-n2c3ccccc3c3ccc4c(c5ccccc5n4C)c32)c(C#N)c(-n2c3ccccc3c3ccc4c(c5ccccc5n4C)c32)c1. The van der Waals surface area contributed by atoms with E-state index in [1.165, 1.54) is 0 Å². The maximum atomic E-state index is 11.7. The van der Waals surface area contributed by atoms with Gasteiger partial charge in [0.15, 0.2) is 0 Å². The van der Waals surface area contributed by atoms with Crippen molar-refractivity contribution in [3.05, 3.63) is 168 Å². The minimum Gasteiger partial charge on any atom is -0.344 e. The lowest BCUT2D eigenvalue weighted by molar-refractivity contribution is 1.01. The average molecular weight is 755 g/mol. The Morgan fingerprint density at radius 3 is 1.36 bits per heavy atom. The zero-order valence-electron chi connectivity index (χ0n) is 32.6. The van der Waals surface area contributed by atoms with Crippen molar-refractivity contribution in [2.75, 3.05) is 0 Å². The van der Waals surface area contributed by atoms with E-state index in [0.717, 1.165) is 115 Å². The second-order valence-corrected chi connectivity index (χ2v) is 15.7. The van der Waals surface area contributed by atoms with E-state index in [1.807, 2.05) is 12.1 Å². The zero-order chi connectivity index (χ0) is 39.7. The number of fused-ring (bicyclic) bond motifs is 14. The molecule has 12 rings (SSSR count). The lowest BCUT2D eigenvalue weighted by atomic mass is 9.93. The summed E-state index contributed by atoms with van der Waals surface area (Å²) in [5.41, 5.74) is 14.0. The van der Waals surface area contributed by atoms with E-state index in [4.69, 9.17) is 0 Å². The van der Waals surface area contributed by atoms with E-state index in [-0.39, 0.29) is 0 Å². The first-order chi connectivity index (χ1) is 29.0. The Morgan fingerprint density at radius 2 is 0.881 bits per heavy atom. The molecule has 0 aliphatic carbocycles. The Bertz CT molecular complexity index is 3690. The van der Waals surface area contributed by atoms with Gasteiger partial charge in [-0.05, 0) is 72.6 Å². The van der Waals surface area contributed by atoms with Gasteiger partial charge in [-0.1, -0.05) is 97.1 Å². The first-order valence-electron chi connectivity index (χ1n) is 19.9. The molecule has 59 heavy (non-hydrogen) atoms. The molecule has 276 valence electrons. The molecule has 0 fully saturated rings. The molecule has 0 amide bonds. The molecule has 0 saturated carbocycles. The third-order valence-corrected chi connectivity index (χ3v) is 12.8. The number of hydrogen-bond acceptors (Lipinski definition) is 2. The lowest BCUT2D eigenvalue weighted by Gasteiger charge is -2.20. The van der Waals surface area contributed by atoms with Gasteiger partial charge < -0.3 is 18.3 Å². The van der Waals surface area contributed by atoms with Crippen LogP contribution in [0.4, 0.5) is 0 Å². The monoisotopic (exact) mass is 754 g/mol. The molecule has 4 heterocycles. The number of nitrogens with zero attached hydrogens (tertiary/aromatic N) is 6. The van der Waals surface area contributed by atoms with Crippen molar-refractivity contribution in [2.45, 2.75) is 6.92 Å². The van der Waals surface area contributed by atoms with Gasteiger partial charge >= 0.3 is 0 Å². The third-order valence-electron chi connectivity index (χ3n) is 12.8. The normalized spacial score (nSPS) is 11.9. The summed E-state index contributed by atoms with van der Waals surface area (Å²) in [5, 5.41) is 31.4. The highest BCUT2D eigenvalue weighted by Gasteiger charge is 2.27. The van der Waals surface area contributed by atoms with Crippen molar-refractivity contribution < 1.29 is 0 Å². The highest BCUT2D eigenvalue weighted by Crippen LogP contribution is 2.46. The molecule has 12 aromatic rings. The Labute approximate surface area is 338 Å². The highest BCUT2D eigenvalue weighted by atomic mass is 15.0. The molecular formula is C53H34N6. The molecule has 0 N–H and O–H groups in total. The molecule has 0 radical (unpaired) electrons. The second kappa shape index (κ2) is 12.0. The van der Waals surface area contributed by atoms with E-state index in [0.29, 0.717) is 11.1 Å². The third kappa shape index (κ3) is 4.27. The summed E-state index contributed by atoms with van der Waals surface area (Å²) < 4.78 is 9.16. The quantitative estimate of drug-likeness (QED) is 0.180. The van der Waals surface area contributed by atoms with Crippen molar-refractivity contribution >= 4 is 87.2 Å². The molecule has 0 bridgehead atoms. The van der Waals surface area contributed by atoms with Crippen molar-refractivity contribution in [3.63, 3.8) is 0 Å². The smallest absolute Gasteiger partial charge is 0.104 e. The minimum atomic E-state index is 0.542. The number of hydrogen-bond donors (Lipinski definition) is 0. The number of para-hydroxylation sites is 4. The molecule has 0 aliphatic heterocycles. The summed E-state index contributed by atoms with van der Waals surface area (Å²) >= 11 is 0. The summed E-state index contributed by atoms with van der Waals surface area (Å²) in [5.74, 6) is 0. The molecule has 6 heteroatoms. The van der Waals surface area contributed by atoms with Gasteiger partial charge in [-0.15, -0.1) is 0 Å². The minimum absolute atomic E-state index is 0.542. The highest BCUT2D eigenvalue weighted by molar-refractivity contribution is 6.27. The van der Waals surface area contributed by atoms with Gasteiger partial charge in [-0.2, -0.15) is 10.5 Å². The summed E-state index contributed by atoms with van der Waals surface area (Å²) in [6, 6.07) is 58.5. The zero-order valence-corrected chi connectivity index (χ0v) is 32.6. The fourth-order valence-corrected chi connectivity index (χ4v) is 10.3. The van der Waals surface area contributed by atoms with Crippen LogP contribution in [0.3, 0.4) is 0 Å². The first-order valence-corrected chi connectivity index (χ1v) is 19.9. The summed E-state index contributed by atoms with van der Waals surface area (Å²) in [6.07, 6.45) is 0. The summed E-state index contributed by atoms with van der Waals surface area (Å²) in [6.45, 7) is 2.06. The Balaban J connectivity index is 1.34. The molecule has 0 aliphatic rings. The van der Waals surface area contributed by atoms with E-state index >= 15 is 0 Å². The molecule has 8 aromatic carbocycles. The number of aryl methyl sites for hydroxylation is 3. The topological polar surface area (TPSA) is 67.3 Å². The van der Waals surface area contributed by atoms with Gasteiger partial charge in [0.2, 0.25) is 0 Å². The largest absolute Gasteiger partial charge is 0.344 e. The molecule has 0 saturated heterocycles. The van der Waals surface area contributed by atoms with Crippen LogP contribution in [0.2, 0.25) is 0 Å². The number of benzene rings is 8. The molecule has 0 spiro atoms. The van der Waals surface area contributed by atoms with Gasteiger partial charge in [-0.3, -0.25) is 0 Å². The van der Waals surface area contributed by atoms with Crippen LogP contribution < -0.4 is 0 Å². The van der Waals surface area contributed by atoms with Crippen LogP contribution in [-0.2, 0) is 14.1 Å². The molecule has 4 aromatic heterocycles. The Kier molecular flexibility index (Phi) is 6.72. The maximum absolute atomic E-state index is 11.7. The van der Waals surface area contributed by atoms with Gasteiger partial charge in [0.25, 0.3) is 0 Å². The van der Waals surface area contributed by atoms with Crippen molar-refractivity contribution in [1.82, 2.24) is 18.3 Å². The fourth-order valence-electron chi connectivity index (χ4n) is 10.3. The first kappa shape index (κ1) is 33.1. The maximum Gasteiger partial charge on any atom is 0.104 e. The van der Waals surface area contributed by atoms with Gasteiger partial charge in [-0.25, -0.2) is 0 Å². The lowest BCUT2D eigenvalue weighted by Crippen LogP contribution is -2.06. The van der Waals surface area contributed by atoms with Crippen molar-refractivity contribution in [1.29, 1.82) is 10.5 Å². The Morgan fingerprint density at radius 1 is 0.424 bits per heavy atom. The number of aromatic nitrogens is 4. The van der Waals surface area contributed by atoms with E-state index in [2.05, 4.69) is 191 Å². The van der Waals surface area contributed by atoms with Crippen LogP contribution in [0.15, 0.2) is 152 Å². The van der Waals surface area contributed by atoms with Crippen LogP contribution in [0.1, 0.15) is 16.7 Å². The van der Waals surface area contributed by atoms with Crippen LogP contribution in [0, 0.1) is 29.6 Å². The summed E-state index contributed by atoms with van der Waals surface area (Å²) in [7, 11) is 4.25. The molecular weight excluding hydrogens is 721 g/mol. The van der Waals surface area contributed by atoms with E-state index in [9.17, 15) is 10.5 Å². The standard InChI is InChI=1S/C53H34N6/c1-31-13-12-14-32(29-54)49(31)33-27-47(58-43-21-10-4-15-34(43)36-23-25-45-50(52(36)58)38-17-6-8-19-41(38)56(45)2)40(30-55)48(28-33)59-44-22-11-5-16-35(44)37-24-26-46-51(53(37)59)39-18-7-9-20-42(39)57(46)3/h4-28H,1-3H3. The predicted octanol–water partition coefficient (Wildman–Crippen LogP) is 12.9. The second-order valence-electron chi connectivity index (χ2n) is 15.7. The van der Waals surface area contributed by atoms with Crippen LogP contribution >= 0.6 is 0 Å². The van der Waals surface area contributed by atoms with Gasteiger partial charge in [0.05, 0.1) is 56.1 Å². The van der Waals surface area contributed by atoms with E-state index < -0.39 is 0 Å². The fraction of sp³-hybridized carbons (Fsp3) is 0.0566. The van der Waals surface area contributed by atoms with E-state index in [1.54, 1.807) is 0 Å². The molecule has 6 nitrogen and oxygen atoms in total. The van der Waals surface area contributed by atoms with Crippen LogP contribution in [-0.4, -0.2) is 18.3 Å². The van der Waals surface area contributed by atoms with Crippen molar-refractivity contribution in [2.24, 2.45) is 14.1 Å². The van der Waals surface area contributed by atoms with Gasteiger partial charge in [0.1, 0.15) is 11.6 Å². The Hall–Kier alpha value is -8.06. The van der Waals surface area contributed by atoms with Crippen molar-refractivity contribution in [3.8, 4) is 34.6 Å².